The summed E-state index contributed by atoms with van der Waals surface area (Å²) in [5.41, 5.74) is 2.25. The average Bonchev–Trinajstić information content (AvgIpc) is 3.69. The molecule has 2 aliphatic rings. The fourth-order valence-corrected chi connectivity index (χ4v) is 4.71. The van der Waals surface area contributed by atoms with Crippen molar-refractivity contribution in [3.63, 3.8) is 0 Å². The predicted molar refractivity (Wildman–Crippen MR) is 142 cm³/mol. The number of nitrogens with zero attached hydrogens (tertiary/aromatic N) is 5. The van der Waals surface area contributed by atoms with E-state index in [0.717, 1.165) is 17.1 Å². The molecular weight excluding hydrogens is 498 g/mol. The zero-order valence-corrected chi connectivity index (χ0v) is 21.2. The molecule has 0 bridgehead atoms. The van der Waals surface area contributed by atoms with Gasteiger partial charge in [-0.2, -0.15) is 0 Å². The van der Waals surface area contributed by atoms with Gasteiger partial charge in [0.1, 0.15) is 12.3 Å². The summed E-state index contributed by atoms with van der Waals surface area (Å²) in [6, 6.07) is 22.4. The number of hydrogen-bond acceptors (Lipinski definition) is 8. The van der Waals surface area contributed by atoms with Gasteiger partial charge in [0.15, 0.2) is 17.3 Å². The van der Waals surface area contributed by atoms with Gasteiger partial charge >= 0.3 is 0 Å². The SMILES string of the molecule is O=C(CN(Cc1ccco1)C(=O)c1ccc2c(c1)OCO2)N1CCN(c2ccc(-c3ccccc3)nn2)CC1. The molecule has 0 unspecified atom stereocenters. The highest BCUT2D eigenvalue weighted by Gasteiger charge is 2.27. The van der Waals surface area contributed by atoms with E-state index in [0.29, 0.717) is 49.0 Å². The molecule has 0 atom stereocenters. The quantitative estimate of drug-likeness (QED) is 0.362. The number of rotatable bonds is 7. The van der Waals surface area contributed by atoms with E-state index in [1.807, 2.05) is 42.5 Å². The van der Waals surface area contributed by atoms with Crippen LogP contribution in [-0.2, 0) is 11.3 Å². The number of carbonyl (C=O) groups excluding carboxylic acids is 2. The summed E-state index contributed by atoms with van der Waals surface area (Å²) in [7, 11) is 0. The Balaban J connectivity index is 1.10. The van der Waals surface area contributed by atoms with Crippen molar-refractivity contribution < 1.29 is 23.5 Å². The molecule has 198 valence electrons. The van der Waals surface area contributed by atoms with Gasteiger partial charge < -0.3 is 28.6 Å². The first-order chi connectivity index (χ1) is 19.1. The second kappa shape index (κ2) is 10.9. The fourth-order valence-electron chi connectivity index (χ4n) is 4.71. The third kappa shape index (κ3) is 5.40. The van der Waals surface area contributed by atoms with Gasteiger partial charge in [-0.05, 0) is 42.5 Å². The van der Waals surface area contributed by atoms with Crippen molar-refractivity contribution in [2.45, 2.75) is 6.54 Å². The minimum Gasteiger partial charge on any atom is -0.467 e. The van der Waals surface area contributed by atoms with Crippen LogP contribution in [0.15, 0.2) is 83.5 Å². The largest absolute Gasteiger partial charge is 0.467 e. The summed E-state index contributed by atoms with van der Waals surface area (Å²) in [5, 5.41) is 8.79. The van der Waals surface area contributed by atoms with E-state index < -0.39 is 0 Å². The van der Waals surface area contributed by atoms with E-state index in [9.17, 15) is 9.59 Å². The molecular formula is C29H27N5O5. The molecule has 1 saturated heterocycles. The molecule has 6 rings (SSSR count). The second-order valence-electron chi connectivity index (χ2n) is 9.32. The molecule has 0 N–H and O–H groups in total. The van der Waals surface area contributed by atoms with Gasteiger partial charge in [-0.3, -0.25) is 9.59 Å². The Morgan fingerprint density at radius 1 is 0.846 bits per heavy atom. The first kappa shape index (κ1) is 24.5. The maximum Gasteiger partial charge on any atom is 0.254 e. The van der Waals surface area contributed by atoms with Crippen molar-refractivity contribution in [2.75, 3.05) is 44.4 Å². The lowest BCUT2D eigenvalue weighted by Crippen LogP contribution is -2.52. The molecule has 39 heavy (non-hydrogen) atoms. The third-order valence-electron chi connectivity index (χ3n) is 6.84. The lowest BCUT2D eigenvalue weighted by molar-refractivity contribution is -0.132. The first-order valence-electron chi connectivity index (χ1n) is 12.8. The lowest BCUT2D eigenvalue weighted by atomic mass is 10.1. The molecule has 2 amide bonds. The van der Waals surface area contributed by atoms with Crippen LogP contribution in [0.5, 0.6) is 11.5 Å². The lowest BCUT2D eigenvalue weighted by Gasteiger charge is -2.36. The number of carbonyl (C=O) groups is 2. The smallest absolute Gasteiger partial charge is 0.254 e. The number of anilines is 1. The van der Waals surface area contributed by atoms with E-state index in [2.05, 4.69) is 15.1 Å². The Hall–Kier alpha value is -4.86. The monoisotopic (exact) mass is 525 g/mol. The summed E-state index contributed by atoms with van der Waals surface area (Å²) < 4.78 is 16.2. The van der Waals surface area contributed by atoms with Gasteiger partial charge in [0.25, 0.3) is 5.91 Å². The Morgan fingerprint density at radius 2 is 1.67 bits per heavy atom. The standard InChI is InChI=1S/C29H27N5O5/c35-28(33-14-12-32(13-15-33)27-11-9-24(30-31-27)21-5-2-1-3-6-21)19-34(18-23-7-4-16-37-23)29(36)22-8-10-25-26(17-22)39-20-38-25/h1-11,16-17H,12-15,18-20H2. The molecule has 2 aromatic carbocycles. The molecule has 4 aromatic rings. The second-order valence-corrected chi connectivity index (χ2v) is 9.32. The maximum atomic E-state index is 13.4. The predicted octanol–water partition coefficient (Wildman–Crippen LogP) is 3.46. The molecule has 0 aliphatic carbocycles. The van der Waals surface area contributed by atoms with Gasteiger partial charge in [-0.15, -0.1) is 10.2 Å². The number of furan rings is 1. The summed E-state index contributed by atoms with van der Waals surface area (Å²) in [4.78, 5) is 32.2. The number of ether oxygens (including phenoxy) is 2. The summed E-state index contributed by atoms with van der Waals surface area (Å²) >= 11 is 0. The molecule has 10 nitrogen and oxygen atoms in total. The van der Waals surface area contributed by atoms with Crippen molar-refractivity contribution >= 4 is 17.6 Å². The summed E-state index contributed by atoms with van der Waals surface area (Å²) in [5.74, 6) is 2.07. The van der Waals surface area contributed by atoms with Crippen LogP contribution in [0, 0.1) is 0 Å². The van der Waals surface area contributed by atoms with Crippen LogP contribution < -0.4 is 14.4 Å². The summed E-state index contributed by atoms with van der Waals surface area (Å²) in [6.45, 7) is 2.52. The van der Waals surface area contributed by atoms with E-state index >= 15 is 0 Å². The molecule has 4 heterocycles. The highest BCUT2D eigenvalue weighted by molar-refractivity contribution is 5.97. The topological polar surface area (TPSA) is 101 Å². The molecule has 10 heteroatoms. The molecule has 0 spiro atoms. The van der Waals surface area contributed by atoms with Gasteiger partial charge in [-0.1, -0.05) is 30.3 Å². The van der Waals surface area contributed by atoms with Gasteiger partial charge in [-0.25, -0.2) is 0 Å². The van der Waals surface area contributed by atoms with Crippen LogP contribution >= 0.6 is 0 Å². The van der Waals surface area contributed by atoms with Crippen molar-refractivity contribution in [3.8, 4) is 22.8 Å². The number of aromatic nitrogens is 2. The highest BCUT2D eigenvalue weighted by Crippen LogP contribution is 2.33. The number of hydrogen-bond donors (Lipinski definition) is 0. The highest BCUT2D eigenvalue weighted by atomic mass is 16.7. The number of amides is 2. The van der Waals surface area contributed by atoms with Crippen molar-refractivity contribution in [1.82, 2.24) is 20.0 Å². The van der Waals surface area contributed by atoms with Gasteiger partial charge in [0.05, 0.1) is 18.5 Å². The summed E-state index contributed by atoms with van der Waals surface area (Å²) in [6.07, 6.45) is 1.55. The molecule has 0 radical (unpaired) electrons. The van der Waals surface area contributed by atoms with Crippen molar-refractivity contribution in [2.24, 2.45) is 0 Å². The van der Waals surface area contributed by atoms with Crippen LogP contribution in [0.3, 0.4) is 0 Å². The van der Waals surface area contributed by atoms with E-state index in [-0.39, 0.29) is 31.7 Å². The number of piperazine rings is 1. The number of fused-ring (bicyclic) bond motifs is 1. The Morgan fingerprint density at radius 3 is 2.41 bits per heavy atom. The van der Waals surface area contributed by atoms with Crippen LogP contribution in [0.2, 0.25) is 0 Å². The first-order valence-corrected chi connectivity index (χ1v) is 12.8. The van der Waals surface area contributed by atoms with Crippen LogP contribution in [0.1, 0.15) is 16.1 Å². The Kier molecular flexibility index (Phi) is 6.82. The molecule has 2 aliphatic heterocycles. The van der Waals surface area contributed by atoms with E-state index in [1.165, 1.54) is 4.90 Å². The molecule has 0 saturated carbocycles. The van der Waals surface area contributed by atoms with Gasteiger partial charge in [0.2, 0.25) is 12.7 Å². The van der Waals surface area contributed by atoms with Crippen molar-refractivity contribution in [1.29, 1.82) is 0 Å². The van der Waals surface area contributed by atoms with Crippen LogP contribution in [0.25, 0.3) is 11.3 Å². The zero-order chi connectivity index (χ0) is 26.6. The van der Waals surface area contributed by atoms with Crippen molar-refractivity contribution in [3.05, 3.63) is 90.4 Å². The van der Waals surface area contributed by atoms with E-state index in [1.54, 1.807) is 41.5 Å². The third-order valence-corrected chi connectivity index (χ3v) is 6.84. The van der Waals surface area contributed by atoms with Gasteiger partial charge in [0, 0.05) is 37.3 Å². The molecule has 2 aromatic heterocycles. The fraction of sp³-hybridized carbons (Fsp3) is 0.241. The minimum atomic E-state index is -0.287. The zero-order valence-electron chi connectivity index (χ0n) is 21.2. The Bertz CT molecular complexity index is 1430. The Labute approximate surface area is 225 Å². The maximum absolute atomic E-state index is 13.4. The van der Waals surface area contributed by atoms with Crippen LogP contribution in [0.4, 0.5) is 5.82 Å². The van der Waals surface area contributed by atoms with E-state index in [4.69, 9.17) is 13.9 Å². The molecule has 1 fully saturated rings. The normalized spacial score (nSPS) is 14.4. The minimum absolute atomic E-state index is 0.0699. The van der Waals surface area contributed by atoms with Crippen LogP contribution in [-0.4, -0.2) is 71.3 Å². The average molecular weight is 526 g/mol. The number of benzene rings is 2.